The van der Waals surface area contributed by atoms with Gasteiger partial charge in [-0.05, 0) is 41.6 Å². The summed E-state index contributed by atoms with van der Waals surface area (Å²) in [5.41, 5.74) is 2.81. The Morgan fingerprint density at radius 1 is 1.10 bits per heavy atom. The van der Waals surface area contributed by atoms with E-state index in [1.54, 1.807) is 11.3 Å². The Morgan fingerprint density at radius 3 is 2.52 bits per heavy atom. The highest BCUT2D eigenvalue weighted by Gasteiger charge is 2.21. The summed E-state index contributed by atoms with van der Waals surface area (Å²) in [6, 6.07) is 27.1. The predicted molar refractivity (Wildman–Crippen MR) is 163 cm³/mol. The van der Waals surface area contributed by atoms with Crippen molar-refractivity contribution in [1.29, 1.82) is 5.26 Å². The molecule has 4 aromatic rings. The molecule has 2 heterocycles. The van der Waals surface area contributed by atoms with Gasteiger partial charge in [-0.15, -0.1) is 11.3 Å². The zero-order valence-electron chi connectivity index (χ0n) is 22.2. The van der Waals surface area contributed by atoms with Gasteiger partial charge in [0.05, 0.1) is 27.6 Å². The van der Waals surface area contributed by atoms with Crippen molar-refractivity contribution in [1.82, 2.24) is 4.98 Å². The van der Waals surface area contributed by atoms with Gasteiger partial charge in [0.15, 0.2) is 0 Å². The Morgan fingerprint density at radius 2 is 1.85 bits per heavy atom. The number of nitriles is 1. The first-order valence-corrected chi connectivity index (χ1v) is 16.3. The Balaban J connectivity index is 1.51. The number of hydrogen-bond donors (Lipinski definition) is 0. The van der Waals surface area contributed by atoms with Crippen LogP contribution in [-0.2, 0) is 20.3 Å². The van der Waals surface area contributed by atoms with Gasteiger partial charge in [0.2, 0.25) is 0 Å². The van der Waals surface area contributed by atoms with Crippen LogP contribution in [0.25, 0.3) is 21.7 Å². The highest BCUT2D eigenvalue weighted by atomic mass is 32.2. The maximum Gasteiger partial charge on any atom is 0.316 e. The third-order valence-electron chi connectivity index (χ3n) is 5.86. The fourth-order valence-electron chi connectivity index (χ4n) is 3.90. The molecule has 0 aliphatic heterocycles. The number of carbonyl (C=O) groups excluding carboxylic acids is 1. The standard InChI is InChI=1S/C31H30N2O4S3/c1-2-3-17-40(35)22-25(20-36-24-13-8-5-9-14-24)37-30(34)21-39-31-27(19-32)26(23-11-6-4-7-12-23)18-28(33-31)29-15-10-16-38-29/h4-16,18,25H,2-3,17,20-22H2,1H3. The number of esters is 1. The summed E-state index contributed by atoms with van der Waals surface area (Å²) in [6.07, 6.45) is 1.12. The first-order chi connectivity index (χ1) is 19.6. The molecule has 0 N–H and O–H groups in total. The van der Waals surface area contributed by atoms with Gasteiger partial charge in [-0.1, -0.05) is 79.7 Å². The third-order valence-corrected chi connectivity index (χ3v) is 9.19. The minimum Gasteiger partial charge on any atom is -0.490 e. The first kappa shape index (κ1) is 29.5. The van der Waals surface area contributed by atoms with Gasteiger partial charge in [0.1, 0.15) is 29.6 Å². The van der Waals surface area contributed by atoms with Gasteiger partial charge in [0, 0.05) is 22.1 Å². The quantitative estimate of drug-likeness (QED) is 0.116. The fourth-order valence-corrected chi connectivity index (χ4v) is 6.72. The lowest BCUT2D eigenvalue weighted by Gasteiger charge is -2.18. The van der Waals surface area contributed by atoms with E-state index in [-0.39, 0.29) is 18.1 Å². The molecule has 2 aromatic heterocycles. The maximum absolute atomic E-state index is 13.0. The molecular weight excluding hydrogens is 561 g/mol. The molecule has 0 aliphatic carbocycles. The molecule has 0 saturated carbocycles. The summed E-state index contributed by atoms with van der Waals surface area (Å²) in [5, 5.41) is 12.5. The molecule has 0 aliphatic rings. The van der Waals surface area contributed by atoms with Crippen LogP contribution in [0.15, 0.2) is 89.3 Å². The summed E-state index contributed by atoms with van der Waals surface area (Å²) in [7, 11) is -1.13. The molecule has 0 spiro atoms. The number of ether oxygens (including phenoxy) is 2. The molecule has 0 amide bonds. The van der Waals surface area contributed by atoms with Crippen LogP contribution in [-0.4, -0.2) is 45.1 Å². The van der Waals surface area contributed by atoms with Crippen LogP contribution < -0.4 is 4.74 Å². The minimum atomic E-state index is -1.13. The highest BCUT2D eigenvalue weighted by molar-refractivity contribution is 8.00. The van der Waals surface area contributed by atoms with Crippen LogP contribution in [0.2, 0.25) is 0 Å². The Labute approximate surface area is 245 Å². The predicted octanol–water partition coefficient (Wildman–Crippen LogP) is 6.98. The Bertz CT molecular complexity index is 1440. The Kier molecular flexibility index (Phi) is 11.3. The zero-order valence-corrected chi connectivity index (χ0v) is 24.6. The number of rotatable bonds is 14. The molecule has 0 saturated heterocycles. The second kappa shape index (κ2) is 15.4. The third kappa shape index (κ3) is 8.52. The fraction of sp³-hybridized carbons (Fsp3) is 0.258. The van der Waals surface area contributed by atoms with E-state index < -0.39 is 22.9 Å². The lowest BCUT2D eigenvalue weighted by molar-refractivity contribution is -0.146. The Hall–Kier alpha value is -3.45. The molecule has 0 radical (unpaired) electrons. The van der Waals surface area contributed by atoms with Crippen LogP contribution in [0.4, 0.5) is 0 Å². The second-order valence-electron chi connectivity index (χ2n) is 8.88. The van der Waals surface area contributed by atoms with E-state index >= 15 is 0 Å². The summed E-state index contributed by atoms with van der Waals surface area (Å²) < 4.78 is 24.2. The lowest BCUT2D eigenvalue weighted by atomic mass is 10.0. The van der Waals surface area contributed by atoms with E-state index in [4.69, 9.17) is 14.5 Å². The smallest absolute Gasteiger partial charge is 0.316 e. The minimum absolute atomic E-state index is 0.0484. The van der Waals surface area contributed by atoms with E-state index in [2.05, 4.69) is 6.07 Å². The number of pyridine rings is 1. The van der Waals surface area contributed by atoms with Crippen molar-refractivity contribution in [2.45, 2.75) is 30.9 Å². The average molecular weight is 591 g/mol. The number of unbranched alkanes of at least 4 members (excludes halogenated alkanes) is 1. The molecule has 4 rings (SSSR count). The summed E-state index contributed by atoms with van der Waals surface area (Å²) in [6.45, 7) is 2.15. The van der Waals surface area contributed by atoms with Gasteiger partial charge in [-0.25, -0.2) is 4.98 Å². The van der Waals surface area contributed by atoms with Gasteiger partial charge >= 0.3 is 5.97 Å². The van der Waals surface area contributed by atoms with E-state index in [9.17, 15) is 14.3 Å². The normalized spacial score (nSPS) is 12.3. The molecule has 40 heavy (non-hydrogen) atoms. The average Bonchev–Trinajstić information content (AvgIpc) is 3.53. The molecule has 2 unspecified atom stereocenters. The number of thioether (sulfide) groups is 1. The number of benzene rings is 2. The van der Waals surface area contributed by atoms with E-state index in [0.717, 1.165) is 34.5 Å². The molecule has 0 bridgehead atoms. The molecule has 0 fully saturated rings. The maximum atomic E-state index is 13.0. The SMILES string of the molecule is CCCCS(=O)CC(COc1ccccc1)OC(=O)CSc1nc(-c2cccs2)cc(-c2ccccc2)c1C#N. The van der Waals surface area contributed by atoms with Crippen LogP contribution in [0.5, 0.6) is 5.75 Å². The number of para-hydroxylation sites is 1. The summed E-state index contributed by atoms with van der Waals surface area (Å²) in [4.78, 5) is 18.7. The molecule has 206 valence electrons. The largest absolute Gasteiger partial charge is 0.490 e. The molecular formula is C31H30N2O4S3. The number of thiophene rings is 1. The number of aromatic nitrogens is 1. The second-order valence-corrected chi connectivity index (χ2v) is 12.4. The molecule has 2 aromatic carbocycles. The molecule has 2 atom stereocenters. The lowest BCUT2D eigenvalue weighted by Crippen LogP contribution is -2.31. The van der Waals surface area contributed by atoms with Crippen LogP contribution in [0.1, 0.15) is 25.3 Å². The van der Waals surface area contributed by atoms with Crippen molar-refractivity contribution in [3.05, 3.63) is 89.8 Å². The first-order valence-electron chi connectivity index (χ1n) is 13.0. The number of carbonyl (C=O) groups is 1. The van der Waals surface area contributed by atoms with E-state index in [0.29, 0.717) is 22.1 Å². The van der Waals surface area contributed by atoms with Crippen molar-refractivity contribution < 1.29 is 18.5 Å². The number of hydrogen-bond acceptors (Lipinski definition) is 8. The highest BCUT2D eigenvalue weighted by Crippen LogP contribution is 2.35. The summed E-state index contributed by atoms with van der Waals surface area (Å²) >= 11 is 2.73. The van der Waals surface area contributed by atoms with Gasteiger partial charge < -0.3 is 9.47 Å². The van der Waals surface area contributed by atoms with Crippen LogP contribution >= 0.6 is 23.1 Å². The van der Waals surface area contributed by atoms with Crippen molar-refractivity contribution in [2.24, 2.45) is 0 Å². The monoisotopic (exact) mass is 590 g/mol. The van der Waals surface area contributed by atoms with Gasteiger partial charge in [0.25, 0.3) is 0 Å². The number of nitrogens with zero attached hydrogens (tertiary/aromatic N) is 2. The van der Waals surface area contributed by atoms with Gasteiger partial charge in [-0.2, -0.15) is 5.26 Å². The topological polar surface area (TPSA) is 89.3 Å². The van der Waals surface area contributed by atoms with Crippen LogP contribution in [0, 0.1) is 11.3 Å². The van der Waals surface area contributed by atoms with Gasteiger partial charge in [-0.3, -0.25) is 9.00 Å². The van der Waals surface area contributed by atoms with E-state index in [1.165, 1.54) is 11.8 Å². The molecule has 9 heteroatoms. The van der Waals surface area contributed by atoms with Crippen molar-refractivity contribution >= 4 is 39.9 Å². The van der Waals surface area contributed by atoms with Crippen LogP contribution in [0.3, 0.4) is 0 Å². The van der Waals surface area contributed by atoms with Crippen molar-refractivity contribution in [3.63, 3.8) is 0 Å². The van der Waals surface area contributed by atoms with Crippen molar-refractivity contribution in [2.75, 3.05) is 23.9 Å². The van der Waals surface area contributed by atoms with E-state index in [1.807, 2.05) is 91.2 Å². The molecule has 6 nitrogen and oxygen atoms in total. The zero-order chi connectivity index (χ0) is 28.2. The summed E-state index contributed by atoms with van der Waals surface area (Å²) in [5.74, 6) is 0.883. The van der Waals surface area contributed by atoms with Crippen molar-refractivity contribution in [3.8, 4) is 33.5 Å².